The van der Waals surface area contributed by atoms with E-state index in [-0.39, 0.29) is 18.3 Å². The van der Waals surface area contributed by atoms with Crippen molar-refractivity contribution < 1.29 is 4.79 Å². The Labute approximate surface area is 135 Å². The van der Waals surface area contributed by atoms with Crippen molar-refractivity contribution >= 4 is 18.3 Å². The third kappa shape index (κ3) is 6.49. The minimum absolute atomic E-state index is 0. The molecule has 0 saturated carbocycles. The molecule has 0 N–H and O–H groups in total. The Morgan fingerprint density at radius 2 is 1.62 bits per heavy atom. The molecule has 0 heterocycles. The summed E-state index contributed by atoms with van der Waals surface area (Å²) in [6, 6.07) is 8.55. The van der Waals surface area contributed by atoms with Crippen molar-refractivity contribution in [1.82, 2.24) is 9.80 Å². The van der Waals surface area contributed by atoms with E-state index in [9.17, 15) is 4.79 Å². The zero-order valence-corrected chi connectivity index (χ0v) is 14.7. The molecule has 0 aliphatic heterocycles. The highest BCUT2D eigenvalue weighted by molar-refractivity contribution is 5.85. The Kier molecular flexibility index (Phi) is 9.31. The summed E-state index contributed by atoms with van der Waals surface area (Å²) in [5.41, 5.74) is 2.52. The maximum atomic E-state index is 12.1. The molecule has 0 fully saturated rings. The summed E-state index contributed by atoms with van der Waals surface area (Å²) in [7, 11) is 1.88. The van der Waals surface area contributed by atoms with Crippen LogP contribution in [0.5, 0.6) is 0 Å². The van der Waals surface area contributed by atoms with Gasteiger partial charge in [-0.25, -0.2) is 0 Å². The summed E-state index contributed by atoms with van der Waals surface area (Å²) < 4.78 is 0. The van der Waals surface area contributed by atoms with Crippen molar-refractivity contribution in [1.29, 1.82) is 0 Å². The molecule has 1 aromatic carbocycles. The van der Waals surface area contributed by atoms with Crippen LogP contribution in [0.4, 0.5) is 0 Å². The topological polar surface area (TPSA) is 23.6 Å². The van der Waals surface area contributed by atoms with E-state index in [2.05, 4.69) is 56.9 Å². The summed E-state index contributed by atoms with van der Waals surface area (Å²) in [5, 5.41) is 0. The summed E-state index contributed by atoms with van der Waals surface area (Å²) >= 11 is 0. The van der Waals surface area contributed by atoms with Crippen molar-refractivity contribution in [3.63, 3.8) is 0 Å². The number of benzene rings is 1. The van der Waals surface area contributed by atoms with Crippen LogP contribution in [0.3, 0.4) is 0 Å². The van der Waals surface area contributed by atoms with Crippen LogP contribution in [0.15, 0.2) is 24.3 Å². The molecule has 1 rings (SSSR count). The molecule has 1 amide bonds. The van der Waals surface area contributed by atoms with Gasteiger partial charge in [-0.2, -0.15) is 0 Å². The smallest absolute Gasteiger partial charge is 0.236 e. The van der Waals surface area contributed by atoms with E-state index in [4.69, 9.17) is 0 Å². The number of likely N-dealkylation sites (N-methyl/N-ethyl adjacent to an activating group) is 2. The number of hydrogen-bond acceptors (Lipinski definition) is 2. The second-order valence-corrected chi connectivity index (χ2v) is 5.61. The first-order valence-corrected chi connectivity index (χ1v) is 7.53. The number of halogens is 1. The first-order valence-electron chi connectivity index (χ1n) is 7.53. The highest BCUT2D eigenvalue weighted by Crippen LogP contribution is 2.15. The molecule has 3 nitrogen and oxygen atoms in total. The highest BCUT2D eigenvalue weighted by atomic mass is 35.5. The Hall–Kier alpha value is -1.06. The molecule has 0 radical (unpaired) electrons. The second kappa shape index (κ2) is 9.80. The van der Waals surface area contributed by atoms with Crippen LogP contribution in [0.25, 0.3) is 0 Å². The number of nitrogens with zero attached hydrogens (tertiary/aromatic N) is 2. The number of rotatable bonds is 7. The van der Waals surface area contributed by atoms with Gasteiger partial charge in [0.15, 0.2) is 0 Å². The Bertz CT molecular complexity index is 413. The highest BCUT2D eigenvalue weighted by Gasteiger charge is 2.12. The molecule has 0 saturated heterocycles. The van der Waals surface area contributed by atoms with Gasteiger partial charge in [-0.3, -0.25) is 9.69 Å². The zero-order chi connectivity index (χ0) is 15.1. The maximum absolute atomic E-state index is 12.1. The van der Waals surface area contributed by atoms with Gasteiger partial charge in [0.25, 0.3) is 0 Å². The number of carbonyl (C=O) groups excluding carboxylic acids is 1. The molecule has 21 heavy (non-hydrogen) atoms. The molecule has 0 atom stereocenters. The van der Waals surface area contributed by atoms with E-state index in [0.717, 1.165) is 13.1 Å². The van der Waals surface area contributed by atoms with Gasteiger partial charge in [-0.05, 0) is 30.1 Å². The van der Waals surface area contributed by atoms with E-state index in [1.54, 1.807) is 0 Å². The van der Waals surface area contributed by atoms with Gasteiger partial charge >= 0.3 is 0 Å². The number of hydrogen-bond donors (Lipinski definition) is 0. The molecule has 120 valence electrons. The fourth-order valence-electron chi connectivity index (χ4n) is 2.13. The Morgan fingerprint density at radius 3 is 2.05 bits per heavy atom. The molecular formula is C17H29ClN2O. The van der Waals surface area contributed by atoms with E-state index in [1.807, 2.05) is 11.9 Å². The van der Waals surface area contributed by atoms with Gasteiger partial charge in [0.2, 0.25) is 5.91 Å². The fraction of sp³-hybridized carbons (Fsp3) is 0.588. The molecule has 1 aromatic rings. The van der Waals surface area contributed by atoms with Gasteiger partial charge in [0, 0.05) is 13.6 Å². The van der Waals surface area contributed by atoms with E-state index in [0.29, 0.717) is 19.0 Å². The average molecular weight is 313 g/mol. The normalized spacial score (nSPS) is 10.6. The quantitative estimate of drug-likeness (QED) is 0.769. The van der Waals surface area contributed by atoms with E-state index >= 15 is 0 Å². The molecule has 0 bridgehead atoms. The fourth-order valence-corrected chi connectivity index (χ4v) is 2.13. The molecular weight excluding hydrogens is 284 g/mol. The minimum Gasteiger partial charge on any atom is -0.340 e. The molecule has 0 spiro atoms. The monoisotopic (exact) mass is 312 g/mol. The minimum atomic E-state index is 0. The van der Waals surface area contributed by atoms with Crippen LogP contribution in [-0.2, 0) is 11.3 Å². The largest absolute Gasteiger partial charge is 0.340 e. The van der Waals surface area contributed by atoms with Crippen LogP contribution < -0.4 is 0 Å². The average Bonchev–Trinajstić information content (AvgIpc) is 2.44. The SMILES string of the molecule is CCN(CC)CC(=O)N(C)Cc1ccc(C(C)C)cc1.Cl. The summed E-state index contributed by atoms with van der Waals surface area (Å²) in [6.45, 7) is 11.6. The van der Waals surface area contributed by atoms with Gasteiger partial charge in [0.05, 0.1) is 6.54 Å². The molecule has 0 aromatic heterocycles. The van der Waals surface area contributed by atoms with E-state index < -0.39 is 0 Å². The second-order valence-electron chi connectivity index (χ2n) is 5.61. The third-order valence-electron chi connectivity index (χ3n) is 3.75. The standard InChI is InChI=1S/C17H28N2O.ClH/c1-6-19(7-2)13-17(20)18(5)12-15-8-10-16(11-9-15)14(3)4;/h8-11,14H,6-7,12-13H2,1-5H3;1H. The van der Waals surface area contributed by atoms with Crippen molar-refractivity contribution in [2.75, 3.05) is 26.7 Å². The molecule has 0 aliphatic rings. The lowest BCUT2D eigenvalue weighted by atomic mass is 10.0. The van der Waals surface area contributed by atoms with Crippen LogP contribution in [0, 0.1) is 0 Å². The zero-order valence-electron chi connectivity index (χ0n) is 13.9. The summed E-state index contributed by atoms with van der Waals surface area (Å²) in [6.07, 6.45) is 0. The maximum Gasteiger partial charge on any atom is 0.236 e. The lowest BCUT2D eigenvalue weighted by Crippen LogP contribution is -2.37. The molecule has 4 heteroatoms. The van der Waals surface area contributed by atoms with E-state index in [1.165, 1.54) is 11.1 Å². The van der Waals surface area contributed by atoms with Gasteiger partial charge in [-0.15, -0.1) is 12.4 Å². The van der Waals surface area contributed by atoms with Crippen molar-refractivity contribution in [3.8, 4) is 0 Å². The van der Waals surface area contributed by atoms with Crippen molar-refractivity contribution in [2.45, 2.75) is 40.2 Å². The van der Waals surface area contributed by atoms with Gasteiger partial charge < -0.3 is 4.90 Å². The summed E-state index contributed by atoms with van der Waals surface area (Å²) in [4.78, 5) is 16.1. The predicted molar refractivity (Wildman–Crippen MR) is 92.0 cm³/mol. The predicted octanol–water partition coefficient (Wildman–Crippen LogP) is 3.53. The van der Waals surface area contributed by atoms with Crippen LogP contribution in [-0.4, -0.2) is 42.4 Å². The summed E-state index contributed by atoms with van der Waals surface area (Å²) in [5.74, 6) is 0.729. The Morgan fingerprint density at radius 1 is 1.10 bits per heavy atom. The number of amides is 1. The van der Waals surface area contributed by atoms with Gasteiger partial charge in [0.1, 0.15) is 0 Å². The molecule has 0 aliphatic carbocycles. The van der Waals surface area contributed by atoms with Crippen molar-refractivity contribution in [2.24, 2.45) is 0 Å². The first kappa shape index (κ1) is 19.9. The first-order chi connectivity index (χ1) is 9.47. The lowest BCUT2D eigenvalue weighted by Gasteiger charge is -2.23. The van der Waals surface area contributed by atoms with Gasteiger partial charge in [-0.1, -0.05) is 52.0 Å². The lowest BCUT2D eigenvalue weighted by molar-refractivity contribution is -0.131. The van der Waals surface area contributed by atoms with Crippen LogP contribution in [0.2, 0.25) is 0 Å². The Balaban J connectivity index is 0.00000400. The van der Waals surface area contributed by atoms with Crippen molar-refractivity contribution in [3.05, 3.63) is 35.4 Å². The molecule has 0 unspecified atom stereocenters. The number of carbonyl (C=O) groups is 1. The van der Waals surface area contributed by atoms with Crippen LogP contribution in [0.1, 0.15) is 44.7 Å². The third-order valence-corrected chi connectivity index (χ3v) is 3.75. The van der Waals surface area contributed by atoms with Crippen LogP contribution >= 0.6 is 12.4 Å².